The number of fused-ring (bicyclic) bond motifs is 1. The Hall–Kier alpha value is -1.83. The lowest BCUT2D eigenvalue weighted by Crippen LogP contribution is -2.03. The monoisotopic (exact) mass is 326 g/mol. The van der Waals surface area contributed by atoms with Crippen molar-refractivity contribution in [2.45, 2.75) is 65.2 Å². The quantitative estimate of drug-likeness (QED) is 0.345. The number of Topliss-reactive ketones (excluding diaryl/α,β-unsaturated/α-hetero) is 1. The summed E-state index contributed by atoms with van der Waals surface area (Å²) in [6, 6.07) is 12.0. The smallest absolute Gasteiger partial charge is 0.163 e. The normalized spacial score (nSPS) is 10.9. The molecule has 0 atom stereocenters. The molecule has 0 N–H and O–H groups in total. The highest BCUT2D eigenvalue weighted by Crippen LogP contribution is 2.27. The van der Waals surface area contributed by atoms with Crippen LogP contribution >= 0.6 is 0 Å². The maximum atomic E-state index is 11.9. The number of ketones is 1. The van der Waals surface area contributed by atoms with Crippen LogP contribution in [-0.4, -0.2) is 12.4 Å². The molecule has 2 aromatic carbocycles. The summed E-state index contributed by atoms with van der Waals surface area (Å²) in [6.07, 6.45) is 10.3. The predicted octanol–water partition coefficient (Wildman–Crippen LogP) is 6.56. The molecule has 0 aliphatic heterocycles. The van der Waals surface area contributed by atoms with Gasteiger partial charge in [-0.25, -0.2) is 0 Å². The first kappa shape index (κ1) is 18.5. The van der Waals surface area contributed by atoms with E-state index >= 15 is 0 Å². The van der Waals surface area contributed by atoms with E-state index in [0.717, 1.165) is 22.9 Å². The van der Waals surface area contributed by atoms with Gasteiger partial charge >= 0.3 is 0 Å². The van der Waals surface area contributed by atoms with Gasteiger partial charge in [0.05, 0.1) is 12.2 Å². The van der Waals surface area contributed by atoms with E-state index in [1.165, 1.54) is 44.9 Å². The number of carbonyl (C=O) groups excluding carboxylic acids is 1. The third-order valence-corrected chi connectivity index (χ3v) is 4.48. The van der Waals surface area contributed by atoms with Crippen LogP contribution in [0.25, 0.3) is 10.8 Å². The Morgan fingerprint density at radius 1 is 0.875 bits per heavy atom. The maximum absolute atomic E-state index is 11.9. The summed E-state index contributed by atoms with van der Waals surface area (Å²) >= 11 is 0. The zero-order valence-corrected chi connectivity index (χ0v) is 15.1. The molecule has 0 aromatic heterocycles. The van der Waals surface area contributed by atoms with Gasteiger partial charge in [0, 0.05) is 0 Å². The largest absolute Gasteiger partial charge is 0.493 e. The first-order valence-corrected chi connectivity index (χ1v) is 9.39. The van der Waals surface area contributed by atoms with Crippen molar-refractivity contribution in [1.29, 1.82) is 0 Å². The fourth-order valence-electron chi connectivity index (χ4n) is 3.03. The van der Waals surface area contributed by atoms with E-state index in [-0.39, 0.29) is 5.78 Å². The number of hydrogen-bond donors (Lipinski definition) is 0. The molecule has 2 heteroatoms. The van der Waals surface area contributed by atoms with Gasteiger partial charge in [0.15, 0.2) is 5.78 Å². The molecule has 0 amide bonds. The Morgan fingerprint density at radius 3 is 2.08 bits per heavy atom. The number of unbranched alkanes of at least 4 members (excludes halogenated alkanes) is 7. The van der Waals surface area contributed by atoms with Gasteiger partial charge in [0.25, 0.3) is 0 Å². The van der Waals surface area contributed by atoms with E-state index in [0.29, 0.717) is 12.2 Å². The molecule has 2 nitrogen and oxygen atoms in total. The van der Waals surface area contributed by atoms with E-state index < -0.39 is 0 Å². The summed E-state index contributed by atoms with van der Waals surface area (Å²) in [5.74, 6) is 0.788. The first-order chi connectivity index (χ1) is 11.7. The van der Waals surface area contributed by atoms with Crippen molar-refractivity contribution in [3.05, 3.63) is 42.0 Å². The molecule has 0 unspecified atom stereocenters. The molecule has 130 valence electrons. The van der Waals surface area contributed by atoms with Crippen molar-refractivity contribution in [3.63, 3.8) is 0 Å². The standard InChI is InChI=1S/C22H30O2/c1-3-4-5-6-7-8-9-12-15-24-22-17-20-14-11-10-13-19(20)16-21(22)18(2)23/h10-11,13-14,16-17H,3-9,12,15H2,1-2H3. The van der Waals surface area contributed by atoms with Crippen molar-refractivity contribution in [3.8, 4) is 5.75 Å². The Labute approximate surface area is 146 Å². The molecule has 0 spiro atoms. The molecule has 0 saturated carbocycles. The highest BCUT2D eigenvalue weighted by molar-refractivity contribution is 6.01. The number of rotatable bonds is 11. The van der Waals surface area contributed by atoms with E-state index in [4.69, 9.17) is 4.74 Å². The summed E-state index contributed by atoms with van der Waals surface area (Å²) in [5.41, 5.74) is 0.688. The molecule has 0 fully saturated rings. The molecule has 0 aliphatic carbocycles. The van der Waals surface area contributed by atoms with Crippen molar-refractivity contribution in [2.24, 2.45) is 0 Å². The summed E-state index contributed by atoms with van der Waals surface area (Å²) in [4.78, 5) is 11.9. The zero-order chi connectivity index (χ0) is 17.2. The Morgan fingerprint density at radius 2 is 1.46 bits per heavy atom. The van der Waals surface area contributed by atoms with Gasteiger partial charge < -0.3 is 4.74 Å². The Balaban J connectivity index is 1.81. The summed E-state index contributed by atoms with van der Waals surface area (Å²) < 4.78 is 5.93. The lowest BCUT2D eigenvalue weighted by molar-refractivity contribution is 0.101. The second-order valence-electron chi connectivity index (χ2n) is 6.58. The second kappa shape index (κ2) is 10.1. The number of carbonyl (C=O) groups is 1. The minimum absolute atomic E-state index is 0.0617. The minimum Gasteiger partial charge on any atom is -0.493 e. The summed E-state index contributed by atoms with van der Waals surface area (Å²) in [6.45, 7) is 4.54. The van der Waals surface area contributed by atoms with Gasteiger partial charge in [0.2, 0.25) is 0 Å². The summed E-state index contributed by atoms with van der Waals surface area (Å²) in [5, 5.41) is 2.20. The lowest BCUT2D eigenvalue weighted by atomic mass is 10.0. The van der Waals surface area contributed by atoms with Crippen LogP contribution in [0.15, 0.2) is 36.4 Å². The average Bonchev–Trinajstić information content (AvgIpc) is 2.59. The molecule has 0 radical (unpaired) electrons. The summed E-state index contributed by atoms with van der Waals surface area (Å²) in [7, 11) is 0. The molecule has 2 rings (SSSR count). The van der Waals surface area contributed by atoms with Gasteiger partial charge in [-0.05, 0) is 36.2 Å². The van der Waals surface area contributed by atoms with Crippen LogP contribution in [-0.2, 0) is 0 Å². The fraction of sp³-hybridized carbons (Fsp3) is 0.500. The van der Waals surface area contributed by atoms with Crippen LogP contribution in [0.5, 0.6) is 5.75 Å². The van der Waals surface area contributed by atoms with Crippen LogP contribution in [0, 0.1) is 0 Å². The highest BCUT2D eigenvalue weighted by atomic mass is 16.5. The number of ether oxygens (including phenoxy) is 1. The molecular weight excluding hydrogens is 296 g/mol. The fourth-order valence-corrected chi connectivity index (χ4v) is 3.03. The van der Waals surface area contributed by atoms with E-state index in [9.17, 15) is 4.79 Å². The zero-order valence-electron chi connectivity index (χ0n) is 15.1. The van der Waals surface area contributed by atoms with Gasteiger partial charge in [-0.2, -0.15) is 0 Å². The lowest BCUT2D eigenvalue weighted by Gasteiger charge is -2.11. The molecule has 0 heterocycles. The first-order valence-electron chi connectivity index (χ1n) is 9.39. The van der Waals surface area contributed by atoms with Crippen LogP contribution in [0.2, 0.25) is 0 Å². The predicted molar refractivity (Wildman–Crippen MR) is 102 cm³/mol. The van der Waals surface area contributed by atoms with Gasteiger partial charge in [0.1, 0.15) is 5.75 Å². The van der Waals surface area contributed by atoms with Crippen LogP contribution in [0.1, 0.15) is 75.6 Å². The van der Waals surface area contributed by atoms with Crippen molar-refractivity contribution < 1.29 is 9.53 Å². The van der Waals surface area contributed by atoms with E-state index in [2.05, 4.69) is 13.0 Å². The van der Waals surface area contributed by atoms with E-state index in [1.54, 1.807) is 6.92 Å². The molecule has 0 saturated heterocycles. The SMILES string of the molecule is CCCCCCCCCCOc1cc2ccccc2cc1C(C)=O. The van der Waals surface area contributed by atoms with E-state index in [1.807, 2.05) is 30.3 Å². The van der Waals surface area contributed by atoms with Crippen LogP contribution in [0.3, 0.4) is 0 Å². The number of benzene rings is 2. The van der Waals surface area contributed by atoms with Crippen molar-refractivity contribution in [2.75, 3.05) is 6.61 Å². The van der Waals surface area contributed by atoms with Gasteiger partial charge in [-0.15, -0.1) is 0 Å². The van der Waals surface area contributed by atoms with Gasteiger partial charge in [-0.3, -0.25) is 4.79 Å². The molecule has 0 aliphatic rings. The highest BCUT2D eigenvalue weighted by Gasteiger charge is 2.10. The molecular formula is C22H30O2. The third-order valence-electron chi connectivity index (χ3n) is 4.48. The van der Waals surface area contributed by atoms with Crippen LogP contribution in [0.4, 0.5) is 0 Å². The molecule has 24 heavy (non-hydrogen) atoms. The number of hydrogen-bond acceptors (Lipinski definition) is 2. The van der Waals surface area contributed by atoms with Crippen molar-refractivity contribution >= 4 is 16.6 Å². The van der Waals surface area contributed by atoms with Crippen molar-refractivity contribution in [1.82, 2.24) is 0 Å². The maximum Gasteiger partial charge on any atom is 0.163 e. The Kier molecular flexibility index (Phi) is 7.81. The Bertz CT molecular complexity index is 645. The van der Waals surface area contributed by atoms with Crippen LogP contribution < -0.4 is 4.74 Å². The topological polar surface area (TPSA) is 26.3 Å². The van der Waals surface area contributed by atoms with Gasteiger partial charge in [-0.1, -0.05) is 76.1 Å². The third kappa shape index (κ3) is 5.67. The molecule has 2 aromatic rings. The minimum atomic E-state index is 0.0617. The average molecular weight is 326 g/mol. The second-order valence-corrected chi connectivity index (χ2v) is 6.58. The molecule has 0 bridgehead atoms.